The van der Waals surface area contributed by atoms with Crippen molar-refractivity contribution in [1.29, 1.82) is 5.26 Å². The van der Waals surface area contributed by atoms with Crippen LogP contribution in [0.5, 0.6) is 0 Å². The highest BCUT2D eigenvalue weighted by atomic mass is 16.3. The molecule has 0 spiro atoms. The quantitative estimate of drug-likeness (QED) is 0.670. The fourth-order valence-corrected chi connectivity index (χ4v) is 2.03. The molecule has 0 unspecified atom stereocenters. The van der Waals surface area contributed by atoms with Crippen molar-refractivity contribution in [1.82, 2.24) is 14.8 Å². The normalized spacial score (nSPS) is 10.7. The van der Waals surface area contributed by atoms with E-state index in [1.807, 2.05) is 6.07 Å². The summed E-state index contributed by atoms with van der Waals surface area (Å²) in [6, 6.07) is 8.63. The fourth-order valence-electron chi connectivity index (χ4n) is 2.03. The van der Waals surface area contributed by atoms with Crippen molar-refractivity contribution in [3.63, 3.8) is 0 Å². The standard InChI is InChI=1S/C14H10N4O2/c1-8-16-11-5-9(3-4-12(11)20-8)14-10(7-15)6-13(19)18(2)17-14/h3-6H,1-2H3. The van der Waals surface area contributed by atoms with E-state index >= 15 is 0 Å². The Kier molecular flexibility index (Phi) is 2.61. The highest BCUT2D eigenvalue weighted by molar-refractivity contribution is 5.80. The van der Waals surface area contributed by atoms with Crippen LogP contribution in [0.4, 0.5) is 0 Å². The van der Waals surface area contributed by atoms with Crippen LogP contribution >= 0.6 is 0 Å². The third-order valence-corrected chi connectivity index (χ3v) is 2.98. The van der Waals surface area contributed by atoms with Gasteiger partial charge in [0.2, 0.25) is 0 Å². The number of aromatic nitrogens is 3. The number of nitrogens with zero attached hydrogens (tertiary/aromatic N) is 4. The second-order valence-corrected chi connectivity index (χ2v) is 4.40. The van der Waals surface area contributed by atoms with E-state index < -0.39 is 0 Å². The van der Waals surface area contributed by atoms with Gasteiger partial charge in [-0.05, 0) is 18.2 Å². The number of oxazole rings is 1. The van der Waals surface area contributed by atoms with Gasteiger partial charge in [-0.25, -0.2) is 9.67 Å². The molecule has 0 N–H and O–H groups in total. The molecular weight excluding hydrogens is 256 g/mol. The van der Waals surface area contributed by atoms with Gasteiger partial charge in [0.15, 0.2) is 11.5 Å². The number of rotatable bonds is 1. The van der Waals surface area contributed by atoms with Gasteiger partial charge in [-0.2, -0.15) is 10.4 Å². The Morgan fingerprint density at radius 2 is 2.15 bits per heavy atom. The molecule has 1 aromatic carbocycles. The average Bonchev–Trinajstić information content (AvgIpc) is 2.80. The van der Waals surface area contributed by atoms with Crippen LogP contribution in [-0.4, -0.2) is 14.8 Å². The number of fused-ring (bicyclic) bond motifs is 1. The first-order valence-corrected chi connectivity index (χ1v) is 5.94. The Morgan fingerprint density at radius 3 is 2.90 bits per heavy atom. The Balaban J connectivity index is 2.27. The van der Waals surface area contributed by atoms with E-state index in [0.29, 0.717) is 22.7 Å². The molecule has 0 atom stereocenters. The lowest BCUT2D eigenvalue weighted by Gasteiger charge is -2.04. The first kappa shape index (κ1) is 12.1. The summed E-state index contributed by atoms with van der Waals surface area (Å²) in [4.78, 5) is 15.8. The van der Waals surface area contributed by atoms with Gasteiger partial charge in [0.1, 0.15) is 17.3 Å². The summed E-state index contributed by atoms with van der Waals surface area (Å²) < 4.78 is 6.61. The third kappa shape index (κ3) is 1.86. The molecule has 2 aromatic heterocycles. The number of aryl methyl sites for hydroxylation is 2. The van der Waals surface area contributed by atoms with Crippen molar-refractivity contribution in [3.05, 3.63) is 46.1 Å². The molecule has 0 saturated heterocycles. The van der Waals surface area contributed by atoms with E-state index in [2.05, 4.69) is 10.1 Å². The molecule has 0 saturated carbocycles. The monoisotopic (exact) mass is 266 g/mol. The van der Waals surface area contributed by atoms with Crippen molar-refractivity contribution in [3.8, 4) is 17.3 Å². The van der Waals surface area contributed by atoms with Gasteiger partial charge in [0, 0.05) is 25.6 Å². The van der Waals surface area contributed by atoms with Crippen LogP contribution in [0.3, 0.4) is 0 Å². The summed E-state index contributed by atoms with van der Waals surface area (Å²) in [7, 11) is 1.55. The Morgan fingerprint density at radius 1 is 1.35 bits per heavy atom. The summed E-state index contributed by atoms with van der Waals surface area (Å²) in [6.07, 6.45) is 0. The smallest absolute Gasteiger partial charge is 0.267 e. The molecule has 0 fully saturated rings. The predicted molar refractivity (Wildman–Crippen MR) is 71.9 cm³/mol. The Labute approximate surface area is 113 Å². The molecule has 3 aromatic rings. The van der Waals surface area contributed by atoms with Crippen LogP contribution in [0.15, 0.2) is 33.5 Å². The number of hydrogen-bond donors (Lipinski definition) is 0. The Hall–Kier alpha value is -2.94. The van der Waals surface area contributed by atoms with Crippen LogP contribution in [0.25, 0.3) is 22.4 Å². The molecule has 20 heavy (non-hydrogen) atoms. The minimum atomic E-state index is -0.316. The van der Waals surface area contributed by atoms with E-state index in [1.54, 1.807) is 32.2 Å². The van der Waals surface area contributed by atoms with Gasteiger partial charge in [-0.1, -0.05) is 0 Å². The molecule has 0 radical (unpaired) electrons. The molecule has 0 bridgehead atoms. The van der Waals surface area contributed by atoms with Crippen LogP contribution in [-0.2, 0) is 7.05 Å². The van der Waals surface area contributed by atoms with Crippen LogP contribution in [0, 0.1) is 18.3 Å². The summed E-state index contributed by atoms with van der Waals surface area (Å²) in [5.74, 6) is 0.575. The SMILES string of the molecule is Cc1nc2cc(-c3nn(C)c(=O)cc3C#N)ccc2o1. The third-order valence-electron chi connectivity index (χ3n) is 2.98. The molecule has 0 aliphatic rings. The zero-order valence-corrected chi connectivity index (χ0v) is 10.9. The van der Waals surface area contributed by atoms with Gasteiger partial charge in [-0.3, -0.25) is 4.79 Å². The van der Waals surface area contributed by atoms with Gasteiger partial charge in [0.25, 0.3) is 5.56 Å². The molecular formula is C14H10N4O2. The van der Waals surface area contributed by atoms with Crippen molar-refractivity contribution >= 4 is 11.1 Å². The van der Waals surface area contributed by atoms with Crippen molar-refractivity contribution < 1.29 is 4.42 Å². The lowest BCUT2D eigenvalue weighted by Crippen LogP contribution is -2.20. The maximum atomic E-state index is 11.5. The van der Waals surface area contributed by atoms with Crippen molar-refractivity contribution in [2.45, 2.75) is 6.92 Å². The molecule has 0 amide bonds. The van der Waals surface area contributed by atoms with E-state index in [-0.39, 0.29) is 11.1 Å². The maximum Gasteiger partial charge on any atom is 0.267 e. The highest BCUT2D eigenvalue weighted by Gasteiger charge is 2.11. The molecule has 0 aliphatic heterocycles. The topological polar surface area (TPSA) is 84.7 Å². The van der Waals surface area contributed by atoms with E-state index in [4.69, 9.17) is 9.68 Å². The largest absolute Gasteiger partial charge is 0.441 e. The van der Waals surface area contributed by atoms with E-state index in [9.17, 15) is 4.79 Å². The highest BCUT2D eigenvalue weighted by Crippen LogP contribution is 2.24. The Bertz CT molecular complexity index is 915. The lowest BCUT2D eigenvalue weighted by atomic mass is 10.1. The molecule has 98 valence electrons. The fraction of sp³-hybridized carbons (Fsp3) is 0.143. The predicted octanol–water partition coefficient (Wildman–Crippen LogP) is 1.77. The summed E-state index contributed by atoms with van der Waals surface area (Å²) >= 11 is 0. The zero-order valence-electron chi connectivity index (χ0n) is 10.9. The van der Waals surface area contributed by atoms with E-state index in [0.717, 1.165) is 5.56 Å². The number of benzene rings is 1. The number of nitriles is 1. The van der Waals surface area contributed by atoms with Crippen LogP contribution in [0.2, 0.25) is 0 Å². The van der Waals surface area contributed by atoms with E-state index in [1.165, 1.54) is 10.7 Å². The minimum absolute atomic E-state index is 0.243. The lowest BCUT2D eigenvalue weighted by molar-refractivity contribution is 0.561. The first-order chi connectivity index (χ1) is 9.58. The molecule has 6 heteroatoms. The second kappa shape index (κ2) is 4.31. The van der Waals surface area contributed by atoms with Gasteiger partial charge in [0.05, 0.1) is 5.56 Å². The van der Waals surface area contributed by atoms with Crippen LogP contribution in [0.1, 0.15) is 11.5 Å². The molecule has 6 nitrogen and oxygen atoms in total. The van der Waals surface area contributed by atoms with Crippen molar-refractivity contribution in [2.24, 2.45) is 7.05 Å². The first-order valence-electron chi connectivity index (χ1n) is 5.94. The maximum absolute atomic E-state index is 11.5. The summed E-state index contributed by atoms with van der Waals surface area (Å²) in [5.41, 5.74) is 2.47. The summed E-state index contributed by atoms with van der Waals surface area (Å²) in [5, 5.41) is 13.3. The van der Waals surface area contributed by atoms with Gasteiger partial charge < -0.3 is 4.42 Å². The van der Waals surface area contributed by atoms with Crippen molar-refractivity contribution in [2.75, 3.05) is 0 Å². The minimum Gasteiger partial charge on any atom is -0.441 e. The van der Waals surface area contributed by atoms with Gasteiger partial charge >= 0.3 is 0 Å². The molecule has 2 heterocycles. The zero-order chi connectivity index (χ0) is 14.3. The van der Waals surface area contributed by atoms with Gasteiger partial charge in [-0.15, -0.1) is 0 Å². The van der Waals surface area contributed by atoms with Crippen LogP contribution < -0.4 is 5.56 Å². The number of hydrogen-bond acceptors (Lipinski definition) is 5. The molecule has 3 rings (SSSR count). The average molecular weight is 266 g/mol. The summed E-state index contributed by atoms with van der Waals surface area (Å²) in [6.45, 7) is 1.77. The second-order valence-electron chi connectivity index (χ2n) is 4.40. The molecule has 0 aliphatic carbocycles.